The molecule has 0 saturated carbocycles. The molecular weight excluding hydrogens is 164 g/mol. The average molecular weight is 181 g/mol. The summed E-state index contributed by atoms with van der Waals surface area (Å²) in [5.41, 5.74) is 0. The Labute approximate surface area is 73.5 Å². The molecule has 3 heteroatoms. The monoisotopic (exact) mass is 180 g/mol. The normalized spacial score (nSPS) is 16.4. The molecule has 0 amide bonds. The van der Waals surface area contributed by atoms with Crippen LogP contribution in [0.25, 0.3) is 0 Å². The van der Waals surface area contributed by atoms with Gasteiger partial charge in [0, 0.05) is 0 Å². The summed E-state index contributed by atoms with van der Waals surface area (Å²) in [6.45, 7) is 4.42. The van der Waals surface area contributed by atoms with Crippen LogP contribution in [0.15, 0.2) is 0 Å². The second-order valence-corrected chi connectivity index (χ2v) is 3.25. The SMILES string of the molecule is CCCC(Cl)(CC)OCCO. The summed E-state index contributed by atoms with van der Waals surface area (Å²) < 4.78 is 5.28. The van der Waals surface area contributed by atoms with E-state index in [1.807, 2.05) is 6.92 Å². The zero-order chi connectivity index (χ0) is 8.74. The van der Waals surface area contributed by atoms with Gasteiger partial charge >= 0.3 is 0 Å². The molecule has 0 fully saturated rings. The number of aliphatic hydroxyl groups is 1. The molecule has 1 atom stereocenters. The molecule has 0 heterocycles. The first kappa shape index (κ1) is 11.2. The second-order valence-electron chi connectivity index (χ2n) is 2.56. The minimum Gasteiger partial charge on any atom is -0.394 e. The Kier molecular flexibility index (Phi) is 5.92. The van der Waals surface area contributed by atoms with E-state index in [9.17, 15) is 0 Å². The van der Waals surface area contributed by atoms with Gasteiger partial charge in [-0.3, -0.25) is 0 Å². The Morgan fingerprint density at radius 3 is 2.45 bits per heavy atom. The molecule has 1 unspecified atom stereocenters. The van der Waals surface area contributed by atoms with Crippen molar-refractivity contribution in [3.63, 3.8) is 0 Å². The molecule has 68 valence electrons. The molecule has 0 aliphatic heterocycles. The van der Waals surface area contributed by atoms with E-state index in [4.69, 9.17) is 21.4 Å². The molecule has 0 radical (unpaired) electrons. The fourth-order valence-corrected chi connectivity index (χ4v) is 1.22. The zero-order valence-electron chi connectivity index (χ0n) is 7.27. The van der Waals surface area contributed by atoms with Crippen molar-refractivity contribution in [2.45, 2.75) is 38.2 Å². The molecule has 11 heavy (non-hydrogen) atoms. The highest BCUT2D eigenvalue weighted by molar-refractivity contribution is 6.22. The Morgan fingerprint density at radius 1 is 1.45 bits per heavy atom. The number of alkyl halides is 1. The second kappa shape index (κ2) is 5.81. The predicted octanol–water partition coefficient (Wildman–Crippen LogP) is 2.14. The summed E-state index contributed by atoms with van der Waals surface area (Å²) >= 11 is 6.07. The van der Waals surface area contributed by atoms with Gasteiger partial charge in [-0.2, -0.15) is 0 Å². The molecule has 0 spiro atoms. The molecule has 0 saturated heterocycles. The summed E-state index contributed by atoms with van der Waals surface area (Å²) in [6, 6.07) is 0. The van der Waals surface area contributed by atoms with Crippen molar-refractivity contribution in [3.8, 4) is 0 Å². The lowest BCUT2D eigenvalue weighted by Crippen LogP contribution is -2.25. The molecule has 1 N–H and O–H groups in total. The standard InChI is InChI=1S/C8H17ClO2/c1-3-5-8(9,4-2)11-7-6-10/h10H,3-7H2,1-2H3. The number of aliphatic hydroxyl groups excluding tert-OH is 1. The molecule has 0 aromatic carbocycles. The molecule has 0 aromatic rings. The maximum atomic E-state index is 8.51. The summed E-state index contributed by atoms with van der Waals surface area (Å²) in [5.74, 6) is 0. The van der Waals surface area contributed by atoms with Crippen LogP contribution in [0.1, 0.15) is 33.1 Å². The summed E-state index contributed by atoms with van der Waals surface area (Å²) in [5, 5.41) is 7.97. The van der Waals surface area contributed by atoms with Crippen molar-refractivity contribution in [3.05, 3.63) is 0 Å². The first-order valence-electron chi connectivity index (χ1n) is 4.12. The molecule has 2 nitrogen and oxygen atoms in total. The van der Waals surface area contributed by atoms with E-state index in [1.54, 1.807) is 0 Å². The van der Waals surface area contributed by atoms with Crippen LogP contribution >= 0.6 is 11.6 Å². The van der Waals surface area contributed by atoms with E-state index in [-0.39, 0.29) is 6.61 Å². The smallest absolute Gasteiger partial charge is 0.141 e. The van der Waals surface area contributed by atoms with Crippen molar-refractivity contribution >= 4 is 11.6 Å². The predicted molar refractivity (Wildman–Crippen MR) is 46.8 cm³/mol. The topological polar surface area (TPSA) is 29.5 Å². The summed E-state index contributed by atoms with van der Waals surface area (Å²) in [7, 11) is 0. The van der Waals surface area contributed by atoms with Gasteiger partial charge in [-0.1, -0.05) is 31.9 Å². The lowest BCUT2D eigenvalue weighted by molar-refractivity contribution is -0.00816. The number of hydrogen-bond donors (Lipinski definition) is 1. The first-order chi connectivity index (χ1) is 5.18. The van der Waals surface area contributed by atoms with Gasteiger partial charge in [0.1, 0.15) is 5.06 Å². The Hall–Kier alpha value is 0.210. The highest BCUT2D eigenvalue weighted by Crippen LogP contribution is 2.26. The fourth-order valence-electron chi connectivity index (χ4n) is 0.953. The minimum absolute atomic E-state index is 0.0399. The van der Waals surface area contributed by atoms with Crippen LogP contribution in [0.5, 0.6) is 0 Å². The van der Waals surface area contributed by atoms with Crippen LogP contribution < -0.4 is 0 Å². The Balaban J connectivity index is 3.68. The van der Waals surface area contributed by atoms with Gasteiger partial charge in [0.2, 0.25) is 0 Å². The fraction of sp³-hybridized carbons (Fsp3) is 1.00. The van der Waals surface area contributed by atoms with Crippen LogP contribution in [0, 0.1) is 0 Å². The van der Waals surface area contributed by atoms with Crippen LogP contribution in [0.2, 0.25) is 0 Å². The maximum absolute atomic E-state index is 8.51. The van der Waals surface area contributed by atoms with Gasteiger partial charge in [-0.05, 0) is 12.8 Å². The highest BCUT2D eigenvalue weighted by atomic mass is 35.5. The summed E-state index contributed by atoms with van der Waals surface area (Å²) in [6.07, 6.45) is 2.62. The van der Waals surface area contributed by atoms with Crippen molar-refractivity contribution in [2.24, 2.45) is 0 Å². The van der Waals surface area contributed by atoms with Crippen LogP contribution in [-0.4, -0.2) is 23.4 Å². The highest BCUT2D eigenvalue weighted by Gasteiger charge is 2.23. The van der Waals surface area contributed by atoms with E-state index >= 15 is 0 Å². The molecule has 0 aliphatic carbocycles. The van der Waals surface area contributed by atoms with Gasteiger partial charge in [0.05, 0.1) is 13.2 Å². The van der Waals surface area contributed by atoms with E-state index in [2.05, 4.69) is 6.92 Å². The largest absolute Gasteiger partial charge is 0.394 e. The van der Waals surface area contributed by atoms with Crippen molar-refractivity contribution in [2.75, 3.05) is 13.2 Å². The molecule has 0 aromatic heterocycles. The van der Waals surface area contributed by atoms with Gasteiger partial charge in [-0.25, -0.2) is 0 Å². The molecule has 0 bridgehead atoms. The number of rotatable bonds is 6. The lowest BCUT2D eigenvalue weighted by atomic mass is 10.1. The Morgan fingerprint density at radius 2 is 2.09 bits per heavy atom. The van der Waals surface area contributed by atoms with Crippen LogP contribution in [0.4, 0.5) is 0 Å². The number of ether oxygens (including phenoxy) is 1. The maximum Gasteiger partial charge on any atom is 0.141 e. The zero-order valence-corrected chi connectivity index (χ0v) is 8.02. The molecule has 0 aliphatic rings. The van der Waals surface area contributed by atoms with E-state index in [0.29, 0.717) is 6.61 Å². The van der Waals surface area contributed by atoms with Crippen molar-refractivity contribution < 1.29 is 9.84 Å². The van der Waals surface area contributed by atoms with Crippen molar-refractivity contribution in [1.29, 1.82) is 0 Å². The average Bonchev–Trinajstić information content (AvgIpc) is 2.02. The van der Waals surface area contributed by atoms with Crippen LogP contribution in [-0.2, 0) is 4.74 Å². The quantitative estimate of drug-likeness (QED) is 0.635. The minimum atomic E-state index is -0.544. The molecular formula is C8H17ClO2. The number of hydrogen-bond acceptors (Lipinski definition) is 2. The Bertz CT molecular complexity index is 98.1. The van der Waals surface area contributed by atoms with Gasteiger partial charge < -0.3 is 9.84 Å². The third-order valence-electron chi connectivity index (χ3n) is 1.60. The third kappa shape index (κ3) is 4.62. The van der Waals surface area contributed by atoms with E-state index in [0.717, 1.165) is 19.3 Å². The van der Waals surface area contributed by atoms with Gasteiger partial charge in [0.15, 0.2) is 0 Å². The molecule has 0 rings (SSSR count). The van der Waals surface area contributed by atoms with Gasteiger partial charge in [-0.15, -0.1) is 0 Å². The lowest BCUT2D eigenvalue weighted by Gasteiger charge is -2.24. The number of halogens is 1. The van der Waals surface area contributed by atoms with Crippen molar-refractivity contribution in [1.82, 2.24) is 0 Å². The van der Waals surface area contributed by atoms with E-state index < -0.39 is 5.06 Å². The van der Waals surface area contributed by atoms with Crippen LogP contribution in [0.3, 0.4) is 0 Å². The third-order valence-corrected chi connectivity index (χ3v) is 2.17. The van der Waals surface area contributed by atoms with Gasteiger partial charge in [0.25, 0.3) is 0 Å². The first-order valence-corrected chi connectivity index (χ1v) is 4.50. The van der Waals surface area contributed by atoms with E-state index in [1.165, 1.54) is 0 Å². The summed E-state index contributed by atoms with van der Waals surface area (Å²) in [4.78, 5) is 0.